The summed E-state index contributed by atoms with van der Waals surface area (Å²) in [4.78, 5) is 38.5. The van der Waals surface area contributed by atoms with Crippen LogP contribution < -0.4 is 15.5 Å². The first-order valence-corrected chi connectivity index (χ1v) is 10.5. The van der Waals surface area contributed by atoms with E-state index in [1.54, 1.807) is 11.0 Å². The molecule has 0 bridgehead atoms. The quantitative estimate of drug-likeness (QED) is 0.731. The number of hydrogen-bond donors (Lipinski definition) is 2. The Hall–Kier alpha value is -3.15. The second-order valence-electron chi connectivity index (χ2n) is 7.67. The van der Waals surface area contributed by atoms with Crippen molar-refractivity contribution < 1.29 is 14.4 Å². The van der Waals surface area contributed by atoms with Gasteiger partial charge in [-0.15, -0.1) is 0 Å². The van der Waals surface area contributed by atoms with E-state index in [0.717, 1.165) is 35.3 Å². The first-order valence-electron chi connectivity index (χ1n) is 10.5. The monoisotopic (exact) mass is 407 g/mol. The average Bonchev–Trinajstić information content (AvgIpc) is 3.19. The Morgan fingerprint density at radius 3 is 2.63 bits per heavy atom. The van der Waals surface area contributed by atoms with Gasteiger partial charge in [0.2, 0.25) is 11.8 Å². The highest BCUT2D eigenvalue weighted by molar-refractivity contribution is 5.98. The van der Waals surface area contributed by atoms with Crippen molar-refractivity contribution >= 4 is 29.1 Å². The van der Waals surface area contributed by atoms with Gasteiger partial charge in [-0.25, -0.2) is 0 Å². The molecule has 0 aromatic heterocycles. The van der Waals surface area contributed by atoms with Gasteiger partial charge in [-0.3, -0.25) is 14.4 Å². The topological polar surface area (TPSA) is 78.5 Å². The summed E-state index contributed by atoms with van der Waals surface area (Å²) < 4.78 is 0. The van der Waals surface area contributed by atoms with Crippen LogP contribution in [0.4, 0.5) is 11.4 Å². The standard InChI is InChI=1S/C24H29N3O3/c1-4-16(3)23(29)26-20-8-6-7-17(13-20)15-25-24(30)19-9-10-21-18(14-19)11-12-27(21)22(28)5-2/h6-10,13-14,16H,4-5,11-12,15H2,1-3H3,(H,25,30)(H,26,29). The zero-order chi connectivity index (χ0) is 21.7. The van der Waals surface area contributed by atoms with Gasteiger partial charge in [-0.05, 0) is 54.3 Å². The molecule has 0 saturated heterocycles. The zero-order valence-electron chi connectivity index (χ0n) is 17.8. The third-order valence-corrected chi connectivity index (χ3v) is 5.55. The van der Waals surface area contributed by atoms with Gasteiger partial charge in [0, 0.05) is 42.4 Å². The number of rotatable bonds is 7. The zero-order valence-corrected chi connectivity index (χ0v) is 17.8. The van der Waals surface area contributed by atoms with Gasteiger partial charge < -0.3 is 15.5 Å². The van der Waals surface area contributed by atoms with Crippen molar-refractivity contribution in [1.29, 1.82) is 0 Å². The highest BCUT2D eigenvalue weighted by Crippen LogP contribution is 2.29. The van der Waals surface area contributed by atoms with Gasteiger partial charge in [0.05, 0.1) is 0 Å². The van der Waals surface area contributed by atoms with Crippen molar-refractivity contribution in [2.24, 2.45) is 5.92 Å². The smallest absolute Gasteiger partial charge is 0.251 e. The molecule has 0 spiro atoms. The van der Waals surface area contributed by atoms with E-state index in [9.17, 15) is 14.4 Å². The first kappa shape index (κ1) is 21.6. The van der Waals surface area contributed by atoms with Crippen LogP contribution in [0, 0.1) is 5.92 Å². The van der Waals surface area contributed by atoms with Gasteiger partial charge in [0.25, 0.3) is 5.91 Å². The molecule has 0 fully saturated rings. The second-order valence-corrected chi connectivity index (χ2v) is 7.67. The molecule has 1 heterocycles. The Bertz CT molecular complexity index is 954. The molecule has 3 amide bonds. The van der Waals surface area contributed by atoms with Crippen LogP contribution in [0.25, 0.3) is 0 Å². The Kier molecular flexibility index (Phi) is 6.87. The largest absolute Gasteiger partial charge is 0.348 e. The summed E-state index contributed by atoms with van der Waals surface area (Å²) in [5, 5.41) is 5.85. The van der Waals surface area contributed by atoms with E-state index < -0.39 is 0 Å². The fraction of sp³-hybridized carbons (Fsp3) is 0.375. The average molecular weight is 408 g/mol. The Morgan fingerprint density at radius 2 is 1.90 bits per heavy atom. The van der Waals surface area contributed by atoms with Crippen molar-refractivity contribution in [2.45, 2.75) is 46.6 Å². The number of carbonyl (C=O) groups excluding carboxylic acids is 3. The predicted octanol–water partition coefficient (Wildman–Crippen LogP) is 3.90. The number of carbonyl (C=O) groups is 3. The fourth-order valence-corrected chi connectivity index (χ4v) is 3.49. The molecular formula is C24H29N3O3. The van der Waals surface area contributed by atoms with Gasteiger partial charge in [-0.2, -0.15) is 0 Å². The molecule has 3 rings (SSSR count). The Labute approximate surface area is 177 Å². The van der Waals surface area contributed by atoms with Crippen LogP contribution in [0.5, 0.6) is 0 Å². The van der Waals surface area contributed by atoms with Gasteiger partial charge >= 0.3 is 0 Å². The molecule has 1 atom stereocenters. The Balaban J connectivity index is 1.62. The van der Waals surface area contributed by atoms with Crippen LogP contribution in [0.15, 0.2) is 42.5 Å². The van der Waals surface area contributed by atoms with Gasteiger partial charge in [-0.1, -0.05) is 32.9 Å². The minimum Gasteiger partial charge on any atom is -0.348 e. The molecule has 1 aliphatic rings. The molecule has 6 nitrogen and oxygen atoms in total. The van der Waals surface area contributed by atoms with Crippen LogP contribution >= 0.6 is 0 Å². The van der Waals surface area contributed by atoms with E-state index in [0.29, 0.717) is 25.1 Å². The van der Waals surface area contributed by atoms with E-state index in [1.807, 2.05) is 57.2 Å². The number of nitrogens with zero attached hydrogens (tertiary/aromatic N) is 1. The normalized spacial score (nSPS) is 13.5. The summed E-state index contributed by atoms with van der Waals surface area (Å²) in [7, 11) is 0. The maximum Gasteiger partial charge on any atom is 0.251 e. The summed E-state index contributed by atoms with van der Waals surface area (Å²) in [6.07, 6.45) is 2.02. The summed E-state index contributed by atoms with van der Waals surface area (Å²) in [6.45, 7) is 6.76. The van der Waals surface area contributed by atoms with Crippen molar-refractivity contribution in [3.8, 4) is 0 Å². The molecule has 2 aromatic carbocycles. The van der Waals surface area contributed by atoms with E-state index in [-0.39, 0.29) is 23.6 Å². The molecule has 30 heavy (non-hydrogen) atoms. The van der Waals surface area contributed by atoms with E-state index >= 15 is 0 Å². The SMILES string of the molecule is CCC(=O)N1CCc2cc(C(=O)NCc3cccc(NC(=O)C(C)CC)c3)ccc21. The maximum atomic E-state index is 12.6. The van der Waals surface area contributed by atoms with E-state index in [4.69, 9.17) is 0 Å². The number of benzene rings is 2. The molecule has 2 N–H and O–H groups in total. The van der Waals surface area contributed by atoms with Crippen LogP contribution in [0.3, 0.4) is 0 Å². The lowest BCUT2D eigenvalue weighted by molar-refractivity contribution is -0.119. The third kappa shape index (κ3) is 4.87. The van der Waals surface area contributed by atoms with Crippen LogP contribution in [-0.2, 0) is 22.6 Å². The van der Waals surface area contributed by atoms with E-state index in [2.05, 4.69) is 10.6 Å². The van der Waals surface area contributed by atoms with Crippen LogP contribution in [0.1, 0.15) is 55.1 Å². The summed E-state index contributed by atoms with van der Waals surface area (Å²) >= 11 is 0. The number of hydrogen-bond acceptors (Lipinski definition) is 3. The molecule has 1 unspecified atom stereocenters. The lowest BCUT2D eigenvalue weighted by Gasteiger charge is -2.16. The molecule has 6 heteroatoms. The minimum atomic E-state index is -0.160. The van der Waals surface area contributed by atoms with Crippen LogP contribution in [-0.4, -0.2) is 24.3 Å². The number of fused-ring (bicyclic) bond motifs is 1. The predicted molar refractivity (Wildman–Crippen MR) is 118 cm³/mol. The van der Waals surface area contributed by atoms with Crippen LogP contribution in [0.2, 0.25) is 0 Å². The van der Waals surface area contributed by atoms with Crippen molar-refractivity contribution in [2.75, 3.05) is 16.8 Å². The van der Waals surface area contributed by atoms with Crippen molar-refractivity contribution in [3.63, 3.8) is 0 Å². The summed E-state index contributed by atoms with van der Waals surface area (Å²) in [6, 6.07) is 13.0. The molecule has 1 aliphatic heterocycles. The highest BCUT2D eigenvalue weighted by atomic mass is 16.2. The Morgan fingerprint density at radius 1 is 1.10 bits per heavy atom. The molecular weight excluding hydrogens is 378 g/mol. The van der Waals surface area contributed by atoms with Gasteiger partial charge in [0.15, 0.2) is 0 Å². The summed E-state index contributed by atoms with van der Waals surface area (Å²) in [5.74, 6) is -0.109. The number of nitrogens with one attached hydrogen (secondary N) is 2. The first-order chi connectivity index (χ1) is 14.4. The summed E-state index contributed by atoms with van der Waals surface area (Å²) in [5.41, 5.74) is 4.15. The fourth-order valence-electron chi connectivity index (χ4n) is 3.49. The molecule has 158 valence electrons. The van der Waals surface area contributed by atoms with Gasteiger partial charge in [0.1, 0.15) is 0 Å². The van der Waals surface area contributed by atoms with Crippen molar-refractivity contribution in [1.82, 2.24) is 5.32 Å². The third-order valence-electron chi connectivity index (χ3n) is 5.55. The molecule has 2 aromatic rings. The molecule has 0 radical (unpaired) electrons. The number of anilines is 2. The molecule has 0 aliphatic carbocycles. The maximum absolute atomic E-state index is 12.6. The van der Waals surface area contributed by atoms with E-state index in [1.165, 1.54) is 0 Å². The van der Waals surface area contributed by atoms with Crippen molar-refractivity contribution in [3.05, 3.63) is 59.2 Å². The number of amides is 3. The second kappa shape index (κ2) is 9.57. The lowest BCUT2D eigenvalue weighted by Crippen LogP contribution is -2.27. The lowest BCUT2D eigenvalue weighted by atomic mass is 10.1. The molecule has 0 saturated carbocycles. The minimum absolute atomic E-state index is 0.00701. The highest BCUT2D eigenvalue weighted by Gasteiger charge is 2.24.